The fourth-order valence-corrected chi connectivity index (χ4v) is 4.21. The number of hydrogen-bond donors (Lipinski definition) is 1. The van der Waals surface area contributed by atoms with Gasteiger partial charge in [0.25, 0.3) is 11.8 Å². The van der Waals surface area contributed by atoms with E-state index in [2.05, 4.69) is 32.1 Å². The third-order valence-electron chi connectivity index (χ3n) is 5.84. The van der Waals surface area contributed by atoms with Crippen molar-refractivity contribution in [2.75, 3.05) is 6.54 Å². The average Bonchev–Trinajstić information content (AvgIpc) is 3.55. The fraction of sp³-hybridized carbons (Fsp3) is 0.318. The topological polar surface area (TPSA) is 106 Å². The summed E-state index contributed by atoms with van der Waals surface area (Å²) in [5.74, 6) is 0.951. The third kappa shape index (κ3) is 3.91. The highest BCUT2D eigenvalue weighted by Gasteiger charge is 2.33. The van der Waals surface area contributed by atoms with Crippen molar-refractivity contribution in [3.8, 4) is 22.8 Å². The van der Waals surface area contributed by atoms with E-state index in [9.17, 15) is 4.79 Å². The summed E-state index contributed by atoms with van der Waals surface area (Å²) in [7, 11) is 1.85. The van der Waals surface area contributed by atoms with Gasteiger partial charge in [-0.05, 0) is 38.0 Å². The van der Waals surface area contributed by atoms with E-state index in [0.717, 1.165) is 24.1 Å². The third-order valence-corrected chi connectivity index (χ3v) is 6.05. The predicted octanol–water partition coefficient (Wildman–Crippen LogP) is 3.92. The first-order valence-electron chi connectivity index (χ1n) is 10.4. The molecule has 10 heteroatoms. The van der Waals surface area contributed by atoms with E-state index in [4.69, 9.17) is 16.1 Å². The number of H-pyrrole nitrogens is 1. The highest BCUT2D eigenvalue weighted by Crippen LogP contribution is 2.31. The molecule has 0 spiro atoms. The minimum Gasteiger partial charge on any atom is -0.356 e. The Morgan fingerprint density at radius 1 is 1.31 bits per heavy atom. The van der Waals surface area contributed by atoms with Crippen LogP contribution in [0, 0.1) is 0 Å². The molecule has 5 rings (SSSR count). The summed E-state index contributed by atoms with van der Waals surface area (Å²) in [5, 5.41) is 8.93. The number of rotatable bonds is 4. The van der Waals surface area contributed by atoms with Gasteiger partial charge in [0.15, 0.2) is 5.82 Å². The molecule has 2 atom stereocenters. The molecule has 0 radical (unpaired) electrons. The number of likely N-dealkylation sites (tertiary alicyclic amines) is 1. The van der Waals surface area contributed by atoms with E-state index in [1.165, 1.54) is 0 Å². The normalized spacial score (nSPS) is 18.8. The minimum atomic E-state index is -0.0328. The number of pyridine rings is 1. The summed E-state index contributed by atoms with van der Waals surface area (Å²) in [6.45, 7) is 2.59. The summed E-state index contributed by atoms with van der Waals surface area (Å²) < 4.78 is 7.13. The second-order valence-corrected chi connectivity index (χ2v) is 8.54. The Kier molecular flexibility index (Phi) is 5.26. The van der Waals surface area contributed by atoms with E-state index in [1.807, 2.05) is 24.2 Å². The van der Waals surface area contributed by atoms with Gasteiger partial charge in [-0.3, -0.25) is 14.5 Å². The molecule has 164 valence electrons. The number of carbonyl (C=O) groups excluding carboxylic acids is 1. The van der Waals surface area contributed by atoms with Gasteiger partial charge in [-0.25, -0.2) is 0 Å². The van der Waals surface area contributed by atoms with Crippen molar-refractivity contribution < 1.29 is 9.32 Å². The SMILES string of the molecule is CC1CCC(c2noc(-c3cc(Cl)c[nH]3)n2)CN1C(=O)c1ccnc(-c2cnn(C)c2)c1. The maximum atomic E-state index is 13.4. The predicted molar refractivity (Wildman–Crippen MR) is 118 cm³/mol. The standard InChI is InChI=1S/C22H22ClN7O2/c1-13-3-4-15(20-27-21(32-28-20)19-8-17(23)10-25-19)12-30(13)22(31)14-5-6-24-18(7-14)16-9-26-29(2)11-16/h5-11,13,15,25H,3-4,12H2,1-2H3. The second kappa shape index (κ2) is 8.23. The van der Waals surface area contributed by atoms with Crippen LogP contribution in [-0.4, -0.2) is 53.3 Å². The average molecular weight is 452 g/mol. The summed E-state index contributed by atoms with van der Waals surface area (Å²) in [5.41, 5.74) is 2.86. The van der Waals surface area contributed by atoms with Crippen LogP contribution in [0.3, 0.4) is 0 Å². The smallest absolute Gasteiger partial charge is 0.274 e. The van der Waals surface area contributed by atoms with E-state index in [1.54, 1.807) is 35.4 Å². The van der Waals surface area contributed by atoms with Crippen LogP contribution in [0.5, 0.6) is 0 Å². The molecule has 1 N–H and O–H groups in total. The maximum absolute atomic E-state index is 13.4. The van der Waals surface area contributed by atoms with Gasteiger partial charge >= 0.3 is 0 Å². The monoisotopic (exact) mass is 451 g/mol. The maximum Gasteiger partial charge on any atom is 0.274 e. The number of aromatic amines is 1. The van der Waals surface area contributed by atoms with E-state index >= 15 is 0 Å². The number of aromatic nitrogens is 6. The Morgan fingerprint density at radius 3 is 2.94 bits per heavy atom. The van der Waals surface area contributed by atoms with Crippen molar-refractivity contribution in [3.05, 3.63) is 59.4 Å². The van der Waals surface area contributed by atoms with Crippen LogP contribution in [0.1, 0.15) is 41.9 Å². The number of nitrogens with one attached hydrogen (secondary N) is 1. The highest BCUT2D eigenvalue weighted by molar-refractivity contribution is 6.30. The molecular formula is C22H22ClN7O2. The number of nitrogens with zero attached hydrogens (tertiary/aromatic N) is 6. The molecule has 1 fully saturated rings. The lowest BCUT2D eigenvalue weighted by Gasteiger charge is -2.37. The molecule has 0 aliphatic carbocycles. The molecule has 0 bridgehead atoms. The molecule has 1 aliphatic rings. The number of amides is 1. The molecule has 1 aliphatic heterocycles. The first kappa shape index (κ1) is 20.4. The Balaban J connectivity index is 1.36. The molecule has 1 saturated heterocycles. The van der Waals surface area contributed by atoms with Gasteiger partial charge in [0.1, 0.15) is 5.69 Å². The summed E-state index contributed by atoms with van der Waals surface area (Å²) >= 11 is 5.97. The lowest BCUT2D eigenvalue weighted by Crippen LogP contribution is -2.45. The molecule has 9 nitrogen and oxygen atoms in total. The van der Waals surface area contributed by atoms with Crippen molar-refractivity contribution in [3.63, 3.8) is 0 Å². The number of piperidine rings is 1. The minimum absolute atomic E-state index is 0.00212. The zero-order valence-electron chi connectivity index (χ0n) is 17.7. The highest BCUT2D eigenvalue weighted by atomic mass is 35.5. The van der Waals surface area contributed by atoms with Crippen molar-refractivity contribution in [2.24, 2.45) is 7.05 Å². The van der Waals surface area contributed by atoms with Crippen molar-refractivity contribution >= 4 is 17.5 Å². The summed E-state index contributed by atoms with van der Waals surface area (Å²) in [6.07, 6.45) is 8.68. The van der Waals surface area contributed by atoms with Crippen LogP contribution in [0.2, 0.25) is 5.02 Å². The first-order chi connectivity index (χ1) is 15.5. The Bertz CT molecular complexity index is 1260. The van der Waals surface area contributed by atoms with Gasteiger partial charge in [-0.15, -0.1) is 0 Å². The van der Waals surface area contributed by atoms with Crippen LogP contribution < -0.4 is 0 Å². The molecule has 4 aromatic heterocycles. The number of aryl methyl sites for hydroxylation is 1. The lowest BCUT2D eigenvalue weighted by atomic mass is 9.92. The molecule has 32 heavy (non-hydrogen) atoms. The van der Waals surface area contributed by atoms with E-state index in [0.29, 0.717) is 34.5 Å². The summed E-state index contributed by atoms with van der Waals surface area (Å²) in [4.78, 5) is 27.2. The number of hydrogen-bond acceptors (Lipinski definition) is 6. The van der Waals surface area contributed by atoms with Gasteiger partial charge in [0.05, 0.1) is 16.9 Å². The van der Waals surface area contributed by atoms with Gasteiger partial charge in [0, 0.05) is 55.3 Å². The Morgan fingerprint density at radius 2 is 2.19 bits per heavy atom. The Hall–Kier alpha value is -3.46. The van der Waals surface area contributed by atoms with E-state index in [-0.39, 0.29) is 17.9 Å². The van der Waals surface area contributed by atoms with Crippen LogP contribution in [0.15, 0.2) is 47.5 Å². The fourth-order valence-electron chi connectivity index (χ4n) is 4.04. The zero-order chi connectivity index (χ0) is 22.2. The van der Waals surface area contributed by atoms with Crippen LogP contribution >= 0.6 is 11.6 Å². The van der Waals surface area contributed by atoms with Gasteiger partial charge in [-0.2, -0.15) is 10.1 Å². The largest absolute Gasteiger partial charge is 0.356 e. The number of halogens is 1. The molecule has 5 heterocycles. The van der Waals surface area contributed by atoms with E-state index < -0.39 is 0 Å². The van der Waals surface area contributed by atoms with Crippen LogP contribution in [0.25, 0.3) is 22.8 Å². The molecule has 1 amide bonds. The summed E-state index contributed by atoms with van der Waals surface area (Å²) in [6, 6.07) is 5.42. The molecule has 0 aromatic carbocycles. The van der Waals surface area contributed by atoms with Crippen LogP contribution in [-0.2, 0) is 7.05 Å². The van der Waals surface area contributed by atoms with Gasteiger partial charge in [0.2, 0.25) is 0 Å². The quantitative estimate of drug-likeness (QED) is 0.504. The zero-order valence-corrected chi connectivity index (χ0v) is 18.5. The first-order valence-corrected chi connectivity index (χ1v) is 10.8. The lowest BCUT2D eigenvalue weighted by molar-refractivity contribution is 0.0604. The molecular weight excluding hydrogens is 430 g/mol. The number of carbonyl (C=O) groups is 1. The Labute approximate surface area is 189 Å². The van der Waals surface area contributed by atoms with Gasteiger partial charge < -0.3 is 14.4 Å². The van der Waals surface area contributed by atoms with Gasteiger partial charge in [-0.1, -0.05) is 16.8 Å². The molecule has 0 saturated carbocycles. The molecule has 2 unspecified atom stereocenters. The molecule has 4 aromatic rings. The van der Waals surface area contributed by atoms with Crippen LogP contribution in [0.4, 0.5) is 0 Å². The van der Waals surface area contributed by atoms with Crippen molar-refractivity contribution in [2.45, 2.75) is 31.7 Å². The van der Waals surface area contributed by atoms with Crippen molar-refractivity contribution in [1.82, 2.24) is 34.8 Å². The van der Waals surface area contributed by atoms with Crippen molar-refractivity contribution in [1.29, 1.82) is 0 Å². The second-order valence-electron chi connectivity index (χ2n) is 8.10.